The Morgan fingerprint density at radius 3 is 2.04 bits per heavy atom. The fourth-order valence-corrected chi connectivity index (χ4v) is 9.79. The van der Waals surface area contributed by atoms with Crippen LogP contribution in [0.1, 0.15) is 5.56 Å². The highest BCUT2D eigenvalue weighted by Gasteiger charge is 2.27. The number of carbonyl (C=O) groups excluding carboxylic acids is 1. The highest BCUT2D eigenvalue weighted by Crippen LogP contribution is 2.51. The molecule has 0 saturated heterocycles. The van der Waals surface area contributed by atoms with Crippen molar-refractivity contribution in [2.75, 3.05) is 14.2 Å². The van der Waals surface area contributed by atoms with Gasteiger partial charge in [0.05, 0.1) is 65.2 Å². The molecule has 1 N–H and O–H groups in total. The number of aliphatic imine (C=N–C) groups is 2. The SMILES string of the molecule is COc1cc(N=C(C#N)C#N)sc1-c1cc2sc3c4sc(-c5sc(N=C(C#N)C#N)cc5OC)cc4n(C(=O)OCc4ccccc4)c3c2[nH]1. The van der Waals surface area contributed by atoms with E-state index in [1.807, 2.05) is 42.5 Å². The highest BCUT2D eigenvalue weighted by atomic mass is 32.1. The normalized spacial score (nSPS) is 10.7. The van der Waals surface area contributed by atoms with Gasteiger partial charge in [-0.15, -0.1) is 45.3 Å². The molecule has 6 heterocycles. The Kier molecular flexibility index (Phi) is 8.60. The minimum Gasteiger partial charge on any atom is -0.495 e. The van der Waals surface area contributed by atoms with E-state index < -0.39 is 6.09 Å². The summed E-state index contributed by atoms with van der Waals surface area (Å²) in [4.78, 5) is 28.0. The first kappa shape index (κ1) is 32.3. The number of benzene rings is 1. The molecule has 50 heavy (non-hydrogen) atoms. The Morgan fingerprint density at radius 2 is 1.42 bits per heavy atom. The van der Waals surface area contributed by atoms with Gasteiger partial charge in [0, 0.05) is 12.1 Å². The molecule has 0 amide bonds. The summed E-state index contributed by atoms with van der Waals surface area (Å²) < 4.78 is 21.3. The van der Waals surface area contributed by atoms with E-state index in [1.165, 1.54) is 59.6 Å². The number of carbonyl (C=O) groups is 1. The molecule has 242 valence electrons. The summed E-state index contributed by atoms with van der Waals surface area (Å²) in [6.45, 7) is 0.0738. The maximum Gasteiger partial charge on any atom is 0.419 e. The number of fused-ring (bicyclic) bond motifs is 5. The van der Waals surface area contributed by atoms with Crippen molar-refractivity contribution in [2.24, 2.45) is 9.98 Å². The van der Waals surface area contributed by atoms with Crippen LogP contribution in [0.15, 0.2) is 64.6 Å². The number of rotatable bonds is 8. The van der Waals surface area contributed by atoms with Crippen molar-refractivity contribution < 1.29 is 19.0 Å². The number of hydrogen-bond acceptors (Lipinski definition) is 14. The molecule has 0 saturated carbocycles. The highest BCUT2D eigenvalue weighted by molar-refractivity contribution is 7.33. The first-order valence-electron chi connectivity index (χ1n) is 14.3. The van der Waals surface area contributed by atoms with Crippen LogP contribution in [0.5, 0.6) is 11.5 Å². The Hall–Kier alpha value is -6.27. The summed E-state index contributed by atoms with van der Waals surface area (Å²) in [7, 11) is 3.06. The third kappa shape index (κ3) is 5.65. The minimum atomic E-state index is -0.559. The number of hydrogen-bond donors (Lipinski definition) is 1. The molecular formula is C34H18N8O4S4. The van der Waals surface area contributed by atoms with Crippen molar-refractivity contribution in [1.82, 2.24) is 9.55 Å². The molecule has 0 atom stereocenters. The molecule has 0 aliphatic carbocycles. The average Bonchev–Trinajstić information content (AvgIpc) is 3.98. The van der Waals surface area contributed by atoms with Crippen molar-refractivity contribution >= 4 is 104 Å². The summed E-state index contributed by atoms with van der Waals surface area (Å²) in [6, 6.07) is 23.7. The molecular weight excluding hydrogens is 713 g/mol. The fourth-order valence-electron chi connectivity index (χ4n) is 5.24. The number of H-pyrrole nitrogens is 1. The summed E-state index contributed by atoms with van der Waals surface area (Å²) in [5.74, 6) is 1.04. The van der Waals surface area contributed by atoms with Crippen molar-refractivity contribution in [3.8, 4) is 56.1 Å². The van der Waals surface area contributed by atoms with Crippen molar-refractivity contribution in [3.63, 3.8) is 0 Å². The predicted molar refractivity (Wildman–Crippen MR) is 195 cm³/mol. The molecule has 7 rings (SSSR count). The lowest BCUT2D eigenvalue weighted by Crippen LogP contribution is -2.13. The molecule has 6 aromatic heterocycles. The van der Waals surface area contributed by atoms with E-state index in [0.717, 1.165) is 34.9 Å². The smallest absolute Gasteiger partial charge is 0.419 e. The number of aromatic nitrogens is 2. The summed E-state index contributed by atoms with van der Waals surface area (Å²) in [5.41, 5.74) is 3.05. The van der Waals surface area contributed by atoms with Crippen LogP contribution in [-0.4, -0.2) is 41.3 Å². The van der Waals surface area contributed by atoms with Gasteiger partial charge in [0.1, 0.15) is 52.4 Å². The predicted octanol–water partition coefficient (Wildman–Crippen LogP) is 9.30. The number of nitrogens with one attached hydrogen (secondary N) is 1. The summed E-state index contributed by atoms with van der Waals surface area (Å²) >= 11 is 5.53. The Morgan fingerprint density at radius 1 is 0.800 bits per heavy atom. The van der Waals surface area contributed by atoms with E-state index >= 15 is 0 Å². The zero-order valence-corrected chi connectivity index (χ0v) is 29.1. The van der Waals surface area contributed by atoms with Crippen LogP contribution in [0, 0.1) is 45.3 Å². The lowest BCUT2D eigenvalue weighted by molar-refractivity contribution is 0.143. The second kappa shape index (κ2) is 13.3. The molecule has 0 aliphatic rings. The van der Waals surface area contributed by atoms with Crippen LogP contribution in [0.4, 0.5) is 14.8 Å². The quantitative estimate of drug-likeness (QED) is 0.150. The Balaban J connectivity index is 1.38. The van der Waals surface area contributed by atoms with Crippen molar-refractivity contribution in [2.45, 2.75) is 6.61 Å². The molecule has 0 fully saturated rings. The molecule has 0 unspecified atom stereocenters. The maximum atomic E-state index is 14.0. The summed E-state index contributed by atoms with van der Waals surface area (Å²) in [6.07, 6.45) is -0.559. The van der Waals surface area contributed by atoms with Gasteiger partial charge in [-0.1, -0.05) is 30.3 Å². The lowest BCUT2D eigenvalue weighted by atomic mass is 10.2. The first-order valence-corrected chi connectivity index (χ1v) is 17.6. The van der Waals surface area contributed by atoms with Gasteiger partial charge in [0.2, 0.25) is 11.4 Å². The van der Waals surface area contributed by atoms with E-state index in [-0.39, 0.29) is 18.0 Å². The zero-order chi connectivity index (χ0) is 34.9. The second-order valence-electron chi connectivity index (χ2n) is 10.2. The van der Waals surface area contributed by atoms with Gasteiger partial charge >= 0.3 is 6.09 Å². The van der Waals surface area contributed by atoms with Gasteiger partial charge in [0.15, 0.2) is 0 Å². The third-order valence-corrected chi connectivity index (χ3v) is 12.0. The van der Waals surface area contributed by atoms with Gasteiger partial charge in [0.25, 0.3) is 0 Å². The molecule has 1 aromatic carbocycles. The van der Waals surface area contributed by atoms with Crippen LogP contribution >= 0.6 is 45.3 Å². The molecule has 0 bridgehead atoms. The van der Waals surface area contributed by atoms with Crippen LogP contribution in [0.2, 0.25) is 0 Å². The van der Waals surface area contributed by atoms with Crippen LogP contribution in [0.3, 0.4) is 0 Å². The fraction of sp³-hybridized carbons (Fsp3) is 0.0882. The third-order valence-electron chi connectivity index (χ3n) is 7.36. The topological polar surface area (TPSA) is 185 Å². The second-order valence-corrected chi connectivity index (χ2v) is 14.4. The van der Waals surface area contributed by atoms with Gasteiger partial charge in [-0.05, 0) is 17.7 Å². The van der Waals surface area contributed by atoms with Crippen LogP contribution < -0.4 is 9.47 Å². The number of nitriles is 4. The Labute approximate surface area is 298 Å². The maximum absolute atomic E-state index is 14.0. The number of thiophene rings is 4. The average molecular weight is 731 g/mol. The number of aromatic amines is 1. The van der Waals surface area contributed by atoms with E-state index in [2.05, 4.69) is 15.0 Å². The van der Waals surface area contributed by atoms with E-state index in [1.54, 1.807) is 41.0 Å². The largest absolute Gasteiger partial charge is 0.495 e. The number of nitrogens with zero attached hydrogens (tertiary/aromatic N) is 7. The van der Waals surface area contributed by atoms with Crippen molar-refractivity contribution in [1.29, 1.82) is 21.0 Å². The molecule has 0 radical (unpaired) electrons. The minimum absolute atomic E-state index is 0.0738. The zero-order valence-electron chi connectivity index (χ0n) is 25.8. The van der Waals surface area contributed by atoms with Crippen LogP contribution in [-0.2, 0) is 11.3 Å². The Bertz CT molecular complexity index is 2680. The van der Waals surface area contributed by atoms with Crippen molar-refractivity contribution in [3.05, 3.63) is 60.2 Å². The van der Waals surface area contributed by atoms with E-state index in [9.17, 15) is 25.8 Å². The van der Waals surface area contributed by atoms with Gasteiger partial charge in [-0.3, -0.25) is 0 Å². The van der Waals surface area contributed by atoms with E-state index in [4.69, 9.17) is 14.2 Å². The first-order chi connectivity index (χ1) is 24.4. The number of methoxy groups -OCH3 is 2. The monoisotopic (exact) mass is 730 g/mol. The lowest BCUT2D eigenvalue weighted by Gasteiger charge is -2.07. The molecule has 7 aromatic rings. The standard InChI is InChI=1S/C34H18N8O4S4/c1-44-22-10-26(39-18(12-35)13-36)49-30(22)20-8-24-28(41-20)29-33(47-24)31-21(42(29)34(43)46-16-17-6-4-3-5-7-17)9-25(48-31)32-23(45-2)11-27(50-32)40-19(14-37)15-38/h3-11,41H,16H2,1-2H3. The van der Waals surface area contributed by atoms with Gasteiger partial charge in [-0.2, -0.15) is 21.0 Å². The van der Waals surface area contributed by atoms with Crippen LogP contribution in [0.25, 0.3) is 51.0 Å². The molecule has 0 spiro atoms. The molecule has 12 nitrogen and oxygen atoms in total. The molecule has 0 aliphatic heterocycles. The number of ether oxygens (including phenoxy) is 3. The van der Waals surface area contributed by atoms with E-state index in [0.29, 0.717) is 43.1 Å². The molecule has 16 heteroatoms. The summed E-state index contributed by atoms with van der Waals surface area (Å²) in [5, 5.41) is 37.6. The van der Waals surface area contributed by atoms with Gasteiger partial charge < -0.3 is 19.2 Å². The van der Waals surface area contributed by atoms with Gasteiger partial charge in [-0.25, -0.2) is 19.3 Å².